The van der Waals surface area contributed by atoms with Gasteiger partial charge in [-0.1, -0.05) is 0 Å². The number of aliphatic hydroxyl groups is 10. The lowest BCUT2D eigenvalue weighted by molar-refractivity contribution is -0.332. The van der Waals surface area contributed by atoms with E-state index >= 15 is 0 Å². The first-order chi connectivity index (χ1) is 46.5. The van der Waals surface area contributed by atoms with Crippen LogP contribution in [0.4, 0.5) is 0 Å². The summed E-state index contributed by atoms with van der Waals surface area (Å²) in [5, 5.41) is 147. The number of aliphatic carboxylic acids is 2. The van der Waals surface area contributed by atoms with E-state index in [9.17, 15) is 119 Å². The number of nitrogens with two attached hydrogens (primary N) is 1. The Labute approximate surface area is 563 Å². The van der Waals surface area contributed by atoms with Gasteiger partial charge >= 0.3 is 11.9 Å². The van der Waals surface area contributed by atoms with Crippen LogP contribution in [0.5, 0.6) is 0 Å². The molecule has 43 heteroatoms. The van der Waals surface area contributed by atoms with Crippen molar-refractivity contribution in [2.45, 2.75) is 214 Å². The summed E-state index contributed by atoms with van der Waals surface area (Å²) < 4.78 is 23.8. The van der Waals surface area contributed by atoms with Gasteiger partial charge in [-0.05, 0) is 47.0 Å². The molecule has 0 radical (unpaired) electrons. The van der Waals surface area contributed by atoms with E-state index in [4.69, 9.17) is 29.8 Å². The van der Waals surface area contributed by atoms with Crippen LogP contribution in [-0.2, 0) is 87.7 Å². The molecule has 4 heterocycles. The number of carbonyl (C=O) groups excluding carboxylic acids is 11. The van der Waals surface area contributed by atoms with Crippen molar-refractivity contribution in [3.8, 4) is 0 Å². The molecular formula is C56H90N14O29. The van der Waals surface area contributed by atoms with E-state index in [1.807, 2.05) is 0 Å². The van der Waals surface area contributed by atoms with E-state index in [1.165, 1.54) is 6.20 Å². The molecule has 558 valence electrons. The summed E-state index contributed by atoms with van der Waals surface area (Å²) in [7, 11) is 0. The second kappa shape index (κ2) is 38.9. The number of rotatable bonds is 37. The molecule has 99 heavy (non-hydrogen) atoms. The average Bonchev–Trinajstić information content (AvgIpc) is 1.31. The zero-order valence-electron chi connectivity index (χ0n) is 54.5. The van der Waals surface area contributed by atoms with Gasteiger partial charge in [0.05, 0.1) is 57.2 Å². The van der Waals surface area contributed by atoms with E-state index in [2.05, 4.69) is 63.1 Å². The van der Waals surface area contributed by atoms with Crippen molar-refractivity contribution in [1.82, 2.24) is 68.0 Å². The number of hydrogen-bond acceptors (Lipinski definition) is 29. The van der Waals surface area contributed by atoms with Crippen LogP contribution in [0.3, 0.4) is 0 Å². The van der Waals surface area contributed by atoms with Gasteiger partial charge in [-0.25, -0.2) is 4.98 Å². The third-order valence-corrected chi connectivity index (χ3v) is 15.9. The average molecular weight is 1420 g/mol. The van der Waals surface area contributed by atoms with Gasteiger partial charge in [0.1, 0.15) is 110 Å². The number of ether oxygens (including phenoxy) is 4. The number of aromatic nitrogens is 2. The Morgan fingerprint density at radius 2 is 1.13 bits per heavy atom. The minimum atomic E-state index is -2.33. The highest BCUT2D eigenvalue weighted by Gasteiger charge is 2.53. The lowest BCUT2D eigenvalue weighted by Gasteiger charge is -2.48. The summed E-state index contributed by atoms with van der Waals surface area (Å²) in [5.41, 5.74) is 5.83. The van der Waals surface area contributed by atoms with Crippen LogP contribution in [0.2, 0.25) is 0 Å². The first-order valence-electron chi connectivity index (χ1n) is 31.1. The SMILES string of the molecule is CC(=O)N[C@H]1[C@H](O[C@H]2[C@@H](O)[C@@H](CO)O[C@H](O[C@H](C)[C@H](NC(=O)[C@@H](NC(=O)[C@H](CCC(=O)O)NC(=O)[C@@H](N)[C@@H](C)O)[C@@H](C)O)C(=O)N[C@@H](CO)C(=O)N[C@@H](Cc3cnc[nH]3)C(=O)N[C@@H](CO)C(=O)N[C@H](C(=O)N3CCC[C@H]3C(=O)NCC(=O)O)[C@@H](C)O)[C@@H]2NC(C)=O)O[C@H](CO)[C@@H](O)[C@@H]1O. The number of carboxylic acid groups (broad SMARTS) is 2. The molecule has 0 bridgehead atoms. The maximum absolute atomic E-state index is 14.9. The zero-order chi connectivity index (χ0) is 74.4. The highest BCUT2D eigenvalue weighted by atomic mass is 16.7. The third kappa shape index (κ3) is 23.7. The van der Waals surface area contributed by atoms with E-state index in [1.54, 1.807) is 0 Å². The molecule has 0 aliphatic carbocycles. The van der Waals surface area contributed by atoms with Crippen molar-refractivity contribution in [3.05, 3.63) is 18.2 Å². The number of nitrogens with one attached hydrogen (secondary N) is 11. The Morgan fingerprint density at radius 3 is 1.67 bits per heavy atom. The Bertz CT molecular complexity index is 2950. The zero-order valence-corrected chi connectivity index (χ0v) is 54.5. The summed E-state index contributed by atoms with van der Waals surface area (Å²) in [6, 6.07) is -20.7. The van der Waals surface area contributed by atoms with Gasteiger partial charge in [0.15, 0.2) is 12.6 Å². The number of amides is 11. The number of carbonyl (C=O) groups is 13. The van der Waals surface area contributed by atoms with Crippen LogP contribution in [0.15, 0.2) is 12.5 Å². The second-order valence-corrected chi connectivity index (χ2v) is 23.6. The molecule has 11 amide bonds. The molecule has 3 aliphatic heterocycles. The molecule has 25 N–H and O–H groups in total. The van der Waals surface area contributed by atoms with Crippen molar-refractivity contribution in [2.75, 3.05) is 39.5 Å². The molecule has 0 aromatic carbocycles. The number of imidazole rings is 1. The molecule has 23 atom stereocenters. The van der Waals surface area contributed by atoms with Crippen LogP contribution in [-0.4, -0.2) is 333 Å². The number of aromatic amines is 1. The minimum Gasteiger partial charge on any atom is -0.481 e. The van der Waals surface area contributed by atoms with Crippen molar-refractivity contribution in [2.24, 2.45) is 5.73 Å². The van der Waals surface area contributed by atoms with Crippen molar-refractivity contribution in [1.29, 1.82) is 0 Å². The van der Waals surface area contributed by atoms with Crippen molar-refractivity contribution < 1.29 is 143 Å². The number of hydrogen-bond donors (Lipinski definition) is 24. The molecule has 3 aliphatic rings. The lowest BCUT2D eigenvalue weighted by Crippen LogP contribution is -2.70. The predicted molar refractivity (Wildman–Crippen MR) is 325 cm³/mol. The first-order valence-corrected chi connectivity index (χ1v) is 31.1. The van der Waals surface area contributed by atoms with Gasteiger partial charge < -0.3 is 149 Å². The Kier molecular flexibility index (Phi) is 32.7. The van der Waals surface area contributed by atoms with E-state index in [0.29, 0.717) is 0 Å². The highest BCUT2D eigenvalue weighted by molar-refractivity contribution is 5.99. The van der Waals surface area contributed by atoms with Crippen LogP contribution >= 0.6 is 0 Å². The van der Waals surface area contributed by atoms with Crippen molar-refractivity contribution in [3.63, 3.8) is 0 Å². The molecule has 0 unspecified atom stereocenters. The first kappa shape index (κ1) is 83.1. The summed E-state index contributed by atoms with van der Waals surface area (Å²) in [4.78, 5) is 181. The van der Waals surface area contributed by atoms with Gasteiger partial charge in [-0.15, -0.1) is 0 Å². The Hall–Kier alpha value is -8.28. The smallest absolute Gasteiger partial charge is 0.322 e. The van der Waals surface area contributed by atoms with Crippen LogP contribution in [0.1, 0.15) is 72.9 Å². The molecule has 3 saturated heterocycles. The fourth-order valence-corrected chi connectivity index (χ4v) is 10.5. The fourth-order valence-electron chi connectivity index (χ4n) is 10.5. The van der Waals surface area contributed by atoms with E-state index < -0.39 is 269 Å². The standard InChI is InChI=1S/C56H90N14O29/c1-20(75)36(57)51(92)63-27(9-10-34(80)81)46(87)67-37(21(2)76)52(93)69-39(23(4)96-56-41(62-25(6)79)45(43(85)33(18-74)98-56)99-55-40(61-24(5)78)44(86)42(84)32(17-73)97-55)53(94)66-29(15-71)48(89)64-28(12-26-13-58-19-60-26)47(88)65-30(16-72)49(90)68-38(22(3)77)54(95)70-11-7-8-31(70)50(91)59-14-35(82)83/h13,19-23,27-33,36-45,55-56,71-77,84-86H,7-12,14-18,57H2,1-6H3,(H,58,60)(H,59,91)(H,61,78)(H,62,79)(H,63,92)(H,64,89)(H,65,88)(H,66,94)(H,67,87)(H,68,90)(H,69,93)(H,80,81)(H,82,83)/t20-,21-,22-,23-,27+,28+,29+,30+,31+,32-,33-,36+,37+,38+,39+,40-,41-,42-,43+,44-,45-,55+,56+/m1/s1. The summed E-state index contributed by atoms with van der Waals surface area (Å²) in [5.74, 6) is -16.0. The number of nitrogens with zero attached hydrogens (tertiary/aromatic N) is 2. The number of aliphatic hydroxyl groups excluding tert-OH is 10. The molecule has 0 saturated carbocycles. The van der Waals surface area contributed by atoms with E-state index in [-0.39, 0.29) is 25.1 Å². The van der Waals surface area contributed by atoms with Gasteiger partial charge in [0.2, 0.25) is 65.0 Å². The predicted octanol–water partition coefficient (Wildman–Crippen LogP) is -13.8. The number of likely N-dealkylation sites (tertiary alicyclic amines) is 1. The Morgan fingerprint density at radius 1 is 0.626 bits per heavy atom. The van der Waals surface area contributed by atoms with Gasteiger partial charge in [0, 0.05) is 45.1 Å². The molecule has 1 aromatic rings. The number of H-pyrrole nitrogens is 1. The van der Waals surface area contributed by atoms with Crippen molar-refractivity contribution >= 4 is 76.9 Å². The molecule has 4 rings (SSSR count). The molecule has 3 fully saturated rings. The van der Waals surface area contributed by atoms with Gasteiger partial charge in [-0.2, -0.15) is 0 Å². The fraction of sp³-hybridized carbons (Fsp3) is 0.714. The summed E-state index contributed by atoms with van der Waals surface area (Å²) in [6.07, 6.45) is -21.6. The minimum absolute atomic E-state index is 0.0646. The second-order valence-electron chi connectivity index (χ2n) is 23.6. The lowest BCUT2D eigenvalue weighted by atomic mass is 9.94. The summed E-state index contributed by atoms with van der Waals surface area (Å²) in [6.45, 7) is 0.671. The molecule has 0 spiro atoms. The van der Waals surface area contributed by atoms with Gasteiger partial charge in [-0.3, -0.25) is 62.3 Å². The molecular weight excluding hydrogens is 1330 g/mol. The number of carboxylic acids is 2. The maximum Gasteiger partial charge on any atom is 0.322 e. The molecule has 1 aromatic heterocycles. The molecule has 43 nitrogen and oxygen atoms in total. The third-order valence-electron chi connectivity index (χ3n) is 15.9. The van der Waals surface area contributed by atoms with Crippen LogP contribution in [0, 0.1) is 0 Å². The monoisotopic (exact) mass is 1420 g/mol. The Balaban J connectivity index is 1.75. The van der Waals surface area contributed by atoms with Gasteiger partial charge in [0.25, 0.3) is 0 Å². The van der Waals surface area contributed by atoms with E-state index in [0.717, 1.165) is 52.8 Å². The topological polar surface area (TPSA) is 680 Å². The van der Waals surface area contributed by atoms with Crippen LogP contribution in [0.25, 0.3) is 0 Å². The highest BCUT2D eigenvalue weighted by Crippen LogP contribution is 2.31. The largest absolute Gasteiger partial charge is 0.481 e. The summed E-state index contributed by atoms with van der Waals surface area (Å²) >= 11 is 0. The van der Waals surface area contributed by atoms with Crippen LogP contribution < -0.4 is 58.9 Å². The quantitative estimate of drug-likeness (QED) is 0.0294. The maximum atomic E-state index is 14.9. The normalized spacial score (nSPS) is 25.8.